The molecule has 2 heterocycles. The van der Waals surface area contributed by atoms with Crippen LogP contribution < -0.4 is 10.2 Å². The van der Waals surface area contributed by atoms with Crippen molar-refractivity contribution in [3.05, 3.63) is 33.0 Å². The van der Waals surface area contributed by atoms with Gasteiger partial charge in [-0.2, -0.15) is 0 Å². The maximum Gasteiger partial charge on any atom is 0.185 e. The summed E-state index contributed by atoms with van der Waals surface area (Å²) < 4.78 is 0. The third kappa shape index (κ3) is 4.28. The number of hydrogen-bond donors (Lipinski definition) is 1. The summed E-state index contributed by atoms with van der Waals surface area (Å²) in [4.78, 5) is 9.91. The smallest absolute Gasteiger partial charge is 0.185 e. The summed E-state index contributed by atoms with van der Waals surface area (Å²) in [7, 11) is 2.13. The predicted molar refractivity (Wildman–Crippen MR) is 94.6 cm³/mol. The molecule has 0 aromatic carbocycles. The van der Waals surface area contributed by atoms with Gasteiger partial charge in [-0.25, -0.2) is 4.98 Å². The van der Waals surface area contributed by atoms with Crippen LogP contribution in [0, 0.1) is 0 Å². The maximum atomic E-state index is 4.92. The minimum absolute atomic E-state index is 0.0866. The van der Waals surface area contributed by atoms with Gasteiger partial charge in [-0.1, -0.05) is 33.8 Å². The molecule has 0 aliphatic carbocycles. The lowest BCUT2D eigenvalue weighted by molar-refractivity contribution is 0.560. The van der Waals surface area contributed by atoms with E-state index in [9.17, 15) is 0 Å². The van der Waals surface area contributed by atoms with Gasteiger partial charge < -0.3 is 10.2 Å². The lowest BCUT2D eigenvalue weighted by atomic mass is 9.91. The topological polar surface area (TPSA) is 28.2 Å². The highest BCUT2D eigenvalue weighted by atomic mass is 32.1. The molecule has 2 rings (SSSR count). The number of hydrogen-bond acceptors (Lipinski definition) is 5. The van der Waals surface area contributed by atoms with Gasteiger partial charge in [0.2, 0.25) is 0 Å². The van der Waals surface area contributed by atoms with Crippen LogP contribution in [0.3, 0.4) is 0 Å². The zero-order valence-electron chi connectivity index (χ0n) is 13.6. The normalized spacial score (nSPS) is 11.9. The molecule has 0 fully saturated rings. The van der Waals surface area contributed by atoms with Gasteiger partial charge in [0.05, 0.1) is 12.2 Å². The summed E-state index contributed by atoms with van der Waals surface area (Å²) in [6.45, 7) is 11.7. The van der Waals surface area contributed by atoms with Gasteiger partial charge in [0.15, 0.2) is 5.13 Å². The van der Waals surface area contributed by atoms with Crippen LogP contribution in [0.2, 0.25) is 0 Å². The first-order valence-corrected chi connectivity index (χ1v) is 9.06. The number of aromatic nitrogens is 1. The Hall–Kier alpha value is -0.910. The fourth-order valence-electron chi connectivity index (χ4n) is 2.15. The van der Waals surface area contributed by atoms with Crippen LogP contribution in [-0.2, 0) is 18.5 Å². The summed E-state index contributed by atoms with van der Waals surface area (Å²) in [5.41, 5.74) is 1.31. The molecule has 0 aliphatic rings. The molecule has 3 nitrogen and oxygen atoms in total. The molecule has 2 aromatic rings. The molecule has 0 saturated carbocycles. The van der Waals surface area contributed by atoms with Crippen molar-refractivity contribution in [2.75, 3.05) is 18.5 Å². The first-order valence-electron chi connectivity index (χ1n) is 7.36. The molecule has 0 radical (unpaired) electrons. The van der Waals surface area contributed by atoms with Crippen LogP contribution >= 0.6 is 22.7 Å². The molecular formula is C16H25N3S2. The summed E-state index contributed by atoms with van der Waals surface area (Å²) in [5, 5.41) is 6.67. The maximum absolute atomic E-state index is 4.92. The highest BCUT2D eigenvalue weighted by molar-refractivity contribution is 7.15. The Balaban J connectivity index is 2.21. The molecule has 5 heteroatoms. The number of anilines is 1. The van der Waals surface area contributed by atoms with Crippen molar-refractivity contribution in [1.82, 2.24) is 10.3 Å². The summed E-state index contributed by atoms with van der Waals surface area (Å²) >= 11 is 3.61. The Morgan fingerprint density at radius 2 is 2.10 bits per heavy atom. The Bertz CT molecular complexity index is 553. The van der Waals surface area contributed by atoms with Crippen LogP contribution in [0.1, 0.15) is 43.1 Å². The van der Waals surface area contributed by atoms with Crippen molar-refractivity contribution in [2.24, 2.45) is 0 Å². The average Bonchev–Trinajstić information content (AvgIpc) is 3.04. The first-order chi connectivity index (χ1) is 9.91. The number of rotatable bonds is 6. The monoisotopic (exact) mass is 323 g/mol. The van der Waals surface area contributed by atoms with E-state index in [1.165, 1.54) is 15.4 Å². The molecule has 21 heavy (non-hydrogen) atoms. The zero-order valence-corrected chi connectivity index (χ0v) is 15.2. The van der Waals surface area contributed by atoms with Gasteiger partial charge >= 0.3 is 0 Å². The average molecular weight is 324 g/mol. The van der Waals surface area contributed by atoms with E-state index >= 15 is 0 Å². The van der Waals surface area contributed by atoms with E-state index in [4.69, 9.17) is 4.98 Å². The molecule has 0 unspecified atom stereocenters. The van der Waals surface area contributed by atoms with Gasteiger partial charge in [-0.05, 0) is 18.0 Å². The van der Waals surface area contributed by atoms with Gasteiger partial charge in [0.25, 0.3) is 0 Å². The van der Waals surface area contributed by atoms with Crippen LogP contribution in [0.5, 0.6) is 0 Å². The SMILES string of the molecule is CCNCc1sc(N(C)Cc2cccs2)nc1C(C)(C)C. The van der Waals surface area contributed by atoms with Crippen LogP contribution in [0.25, 0.3) is 0 Å². The molecule has 1 N–H and O–H groups in total. The van der Waals surface area contributed by atoms with Crippen LogP contribution in [0.15, 0.2) is 17.5 Å². The third-order valence-corrected chi connectivity index (χ3v) is 5.26. The van der Waals surface area contributed by atoms with E-state index in [-0.39, 0.29) is 5.41 Å². The first kappa shape index (κ1) is 16.5. The Labute approximate surface area is 136 Å². The van der Waals surface area contributed by atoms with Gasteiger partial charge in [-0.3, -0.25) is 0 Å². The van der Waals surface area contributed by atoms with E-state index in [1.807, 2.05) is 11.3 Å². The zero-order chi connectivity index (χ0) is 15.5. The van der Waals surface area contributed by atoms with Gasteiger partial charge in [0, 0.05) is 28.8 Å². The highest BCUT2D eigenvalue weighted by Crippen LogP contribution is 2.34. The second kappa shape index (κ2) is 6.90. The Kier molecular flexibility index (Phi) is 5.41. The standard InChI is InChI=1S/C16H25N3S2/c1-6-17-10-13-14(16(2,3)4)18-15(21-13)19(5)11-12-8-7-9-20-12/h7-9,17H,6,10-11H2,1-5H3. The van der Waals surface area contributed by atoms with Crippen LogP contribution in [-0.4, -0.2) is 18.6 Å². The quantitative estimate of drug-likeness (QED) is 0.861. The van der Waals surface area contributed by atoms with Gasteiger partial charge in [0.1, 0.15) is 0 Å². The number of thiophene rings is 1. The van der Waals surface area contributed by atoms with Gasteiger partial charge in [-0.15, -0.1) is 22.7 Å². The van der Waals surface area contributed by atoms with E-state index in [0.717, 1.165) is 24.8 Å². The number of thiazole rings is 1. The van der Waals surface area contributed by atoms with Crippen molar-refractivity contribution in [3.63, 3.8) is 0 Å². The van der Waals surface area contributed by atoms with Crippen molar-refractivity contribution < 1.29 is 0 Å². The lowest BCUT2D eigenvalue weighted by Gasteiger charge is -2.18. The Morgan fingerprint density at radius 1 is 1.33 bits per heavy atom. The summed E-state index contributed by atoms with van der Waals surface area (Å²) in [6.07, 6.45) is 0. The van der Waals surface area contributed by atoms with Crippen molar-refractivity contribution in [3.8, 4) is 0 Å². The molecule has 0 amide bonds. The van der Waals surface area contributed by atoms with Crippen molar-refractivity contribution in [1.29, 1.82) is 0 Å². The van der Waals surface area contributed by atoms with E-state index < -0.39 is 0 Å². The minimum atomic E-state index is 0.0866. The van der Waals surface area contributed by atoms with E-state index in [0.29, 0.717) is 0 Å². The largest absolute Gasteiger partial charge is 0.346 e. The predicted octanol–water partition coefficient (Wildman–Crippen LogP) is 4.25. The summed E-state index contributed by atoms with van der Waals surface area (Å²) in [5.74, 6) is 0. The molecule has 0 bridgehead atoms. The molecular weight excluding hydrogens is 298 g/mol. The molecule has 0 spiro atoms. The number of nitrogens with one attached hydrogen (secondary N) is 1. The highest BCUT2D eigenvalue weighted by Gasteiger charge is 2.24. The molecule has 0 atom stereocenters. The van der Waals surface area contributed by atoms with Crippen molar-refractivity contribution >= 4 is 27.8 Å². The lowest BCUT2D eigenvalue weighted by Crippen LogP contribution is -2.19. The minimum Gasteiger partial charge on any atom is -0.346 e. The fourth-order valence-corrected chi connectivity index (χ4v) is 4.11. The Morgan fingerprint density at radius 3 is 2.67 bits per heavy atom. The molecule has 116 valence electrons. The molecule has 0 saturated heterocycles. The molecule has 2 aromatic heterocycles. The second-order valence-electron chi connectivity index (χ2n) is 6.23. The fraction of sp³-hybridized carbons (Fsp3) is 0.562. The molecule has 0 aliphatic heterocycles. The van der Waals surface area contributed by atoms with Crippen LogP contribution in [0.4, 0.5) is 5.13 Å². The number of nitrogens with zero attached hydrogens (tertiary/aromatic N) is 2. The second-order valence-corrected chi connectivity index (χ2v) is 8.33. The summed E-state index contributed by atoms with van der Waals surface area (Å²) in [6, 6.07) is 4.28. The van der Waals surface area contributed by atoms with E-state index in [1.54, 1.807) is 11.3 Å². The van der Waals surface area contributed by atoms with E-state index in [2.05, 4.69) is 62.5 Å². The van der Waals surface area contributed by atoms with Crippen molar-refractivity contribution in [2.45, 2.75) is 46.2 Å². The third-order valence-electron chi connectivity index (χ3n) is 3.23.